The number of ketones is 1. The summed E-state index contributed by atoms with van der Waals surface area (Å²) >= 11 is 1.29. The summed E-state index contributed by atoms with van der Waals surface area (Å²) in [6.45, 7) is 3.24. The molecule has 0 aliphatic heterocycles. The van der Waals surface area contributed by atoms with Gasteiger partial charge in [-0.1, -0.05) is 0 Å². The van der Waals surface area contributed by atoms with Crippen molar-refractivity contribution in [3.63, 3.8) is 0 Å². The minimum Gasteiger partial charge on any atom is -0.506 e. The summed E-state index contributed by atoms with van der Waals surface area (Å²) in [4.78, 5) is 30.7. The van der Waals surface area contributed by atoms with E-state index in [4.69, 9.17) is 0 Å². The maximum absolute atomic E-state index is 11.5. The number of aromatic hydroxyl groups is 1. The van der Waals surface area contributed by atoms with E-state index in [2.05, 4.69) is 9.97 Å². The first-order chi connectivity index (χ1) is 8.97. The lowest BCUT2D eigenvalue weighted by Crippen LogP contribution is -2.02. The Hall–Kier alpha value is -2.21. The molecule has 0 unspecified atom stereocenters. The summed E-state index contributed by atoms with van der Waals surface area (Å²) in [5.41, 5.74) is 1.32. The lowest BCUT2D eigenvalue weighted by Gasteiger charge is -2.01. The van der Waals surface area contributed by atoms with Gasteiger partial charge in [0.25, 0.3) is 5.56 Å². The monoisotopic (exact) mass is 274 g/mol. The van der Waals surface area contributed by atoms with Crippen LogP contribution in [0.3, 0.4) is 0 Å². The minimum atomic E-state index is -0.380. The van der Waals surface area contributed by atoms with E-state index in [1.165, 1.54) is 18.3 Å². The molecule has 0 atom stereocenters. The predicted molar refractivity (Wildman–Crippen MR) is 74.2 cm³/mol. The van der Waals surface area contributed by atoms with Gasteiger partial charge in [0.05, 0.1) is 10.2 Å². The van der Waals surface area contributed by atoms with Gasteiger partial charge in [-0.25, -0.2) is 4.98 Å². The number of fused-ring (bicyclic) bond motifs is 3. The molecule has 19 heavy (non-hydrogen) atoms. The van der Waals surface area contributed by atoms with Crippen molar-refractivity contribution in [2.24, 2.45) is 0 Å². The van der Waals surface area contributed by atoms with Crippen LogP contribution in [0.4, 0.5) is 0 Å². The van der Waals surface area contributed by atoms with Gasteiger partial charge in [0.1, 0.15) is 10.6 Å². The molecule has 3 rings (SSSR count). The average molecular weight is 274 g/mol. The maximum Gasteiger partial charge on any atom is 0.252 e. The fourth-order valence-corrected chi connectivity index (χ4v) is 3.19. The lowest BCUT2D eigenvalue weighted by molar-refractivity contribution is 0.101. The number of carbonyl (C=O) groups excluding carboxylic acids is 1. The highest BCUT2D eigenvalue weighted by atomic mass is 32.1. The van der Waals surface area contributed by atoms with Crippen molar-refractivity contribution in [2.75, 3.05) is 0 Å². The highest BCUT2D eigenvalue weighted by Gasteiger charge is 2.15. The SMILES string of the molecule is CC(=O)c1cc2c(nc1C)sc1c(O)cc(=O)[nH]c12. The summed E-state index contributed by atoms with van der Waals surface area (Å²) in [6, 6.07) is 2.85. The van der Waals surface area contributed by atoms with Crippen LogP contribution in [0, 0.1) is 6.92 Å². The van der Waals surface area contributed by atoms with E-state index in [9.17, 15) is 14.7 Å². The van der Waals surface area contributed by atoms with Crippen molar-refractivity contribution in [3.8, 4) is 5.75 Å². The molecule has 0 fully saturated rings. The van der Waals surface area contributed by atoms with Crippen molar-refractivity contribution in [1.82, 2.24) is 9.97 Å². The average Bonchev–Trinajstić information content (AvgIpc) is 2.65. The molecule has 3 heterocycles. The number of nitrogens with zero attached hydrogens (tertiary/aromatic N) is 1. The molecule has 0 radical (unpaired) electrons. The van der Waals surface area contributed by atoms with E-state index in [-0.39, 0.29) is 17.1 Å². The van der Waals surface area contributed by atoms with Crippen molar-refractivity contribution in [1.29, 1.82) is 0 Å². The smallest absolute Gasteiger partial charge is 0.252 e. The van der Waals surface area contributed by atoms with Crippen LogP contribution in [0.25, 0.3) is 20.4 Å². The van der Waals surface area contributed by atoms with Crippen LogP contribution in [0.2, 0.25) is 0 Å². The van der Waals surface area contributed by atoms with Crippen LogP contribution in [-0.4, -0.2) is 20.9 Å². The van der Waals surface area contributed by atoms with Gasteiger partial charge >= 0.3 is 0 Å². The van der Waals surface area contributed by atoms with Crippen LogP contribution in [-0.2, 0) is 0 Å². The lowest BCUT2D eigenvalue weighted by atomic mass is 10.1. The van der Waals surface area contributed by atoms with Gasteiger partial charge in [0, 0.05) is 22.7 Å². The summed E-state index contributed by atoms with van der Waals surface area (Å²) in [5, 5.41) is 10.5. The number of aromatic nitrogens is 2. The number of Topliss-reactive ketones (excluding diaryl/α,β-unsaturated/α-hetero) is 1. The molecule has 0 aromatic carbocycles. The number of H-pyrrole nitrogens is 1. The minimum absolute atomic E-state index is 0.0659. The molecule has 0 aliphatic rings. The topological polar surface area (TPSA) is 83.0 Å². The Morgan fingerprint density at radius 3 is 2.84 bits per heavy atom. The number of nitrogens with one attached hydrogen (secondary N) is 1. The molecule has 0 saturated heterocycles. The van der Waals surface area contributed by atoms with Crippen molar-refractivity contribution >= 4 is 37.6 Å². The quantitative estimate of drug-likeness (QED) is 0.667. The van der Waals surface area contributed by atoms with Crippen LogP contribution in [0.1, 0.15) is 23.0 Å². The fourth-order valence-electron chi connectivity index (χ4n) is 2.12. The number of hydrogen-bond acceptors (Lipinski definition) is 5. The first kappa shape index (κ1) is 11.9. The van der Waals surface area contributed by atoms with E-state index < -0.39 is 0 Å². The normalized spacial score (nSPS) is 11.3. The van der Waals surface area contributed by atoms with Crippen LogP contribution in [0.5, 0.6) is 5.75 Å². The van der Waals surface area contributed by atoms with E-state index in [1.807, 2.05) is 0 Å². The number of rotatable bonds is 1. The van der Waals surface area contributed by atoms with Gasteiger partial charge in [-0.2, -0.15) is 0 Å². The molecule has 0 saturated carbocycles. The van der Waals surface area contributed by atoms with Crippen molar-refractivity contribution in [2.45, 2.75) is 13.8 Å². The first-order valence-corrected chi connectivity index (χ1v) is 6.46. The number of aromatic amines is 1. The standard InChI is InChI=1S/C13H10N2O3S/c1-5-7(6(2)16)3-8-11-12(19-13(8)14-5)9(17)4-10(18)15-11/h3-4H,1-2H3,(H2,15,17,18). The molecule has 6 heteroatoms. The van der Waals surface area contributed by atoms with Crippen LogP contribution < -0.4 is 5.56 Å². The third-order valence-electron chi connectivity index (χ3n) is 3.00. The molecule has 2 N–H and O–H groups in total. The first-order valence-electron chi connectivity index (χ1n) is 5.64. The number of thiophene rings is 1. The number of carbonyl (C=O) groups is 1. The zero-order chi connectivity index (χ0) is 13.7. The number of hydrogen-bond donors (Lipinski definition) is 2. The molecule has 3 aromatic rings. The second kappa shape index (κ2) is 3.89. The van der Waals surface area contributed by atoms with E-state index >= 15 is 0 Å². The maximum atomic E-state index is 11.5. The zero-order valence-corrected chi connectivity index (χ0v) is 11.1. The molecule has 0 bridgehead atoms. The third-order valence-corrected chi connectivity index (χ3v) is 4.12. The van der Waals surface area contributed by atoms with Crippen molar-refractivity contribution in [3.05, 3.63) is 33.7 Å². The Labute approximate surface area is 111 Å². The van der Waals surface area contributed by atoms with E-state index in [0.29, 0.717) is 31.7 Å². The Morgan fingerprint density at radius 2 is 2.16 bits per heavy atom. The molecular weight excluding hydrogens is 264 g/mol. The Balaban J connectivity index is 2.53. The predicted octanol–water partition coefficient (Wildman–Crippen LogP) is 2.35. The van der Waals surface area contributed by atoms with Gasteiger partial charge in [-0.05, 0) is 19.9 Å². The Morgan fingerprint density at radius 1 is 1.42 bits per heavy atom. The molecule has 96 valence electrons. The summed E-state index contributed by atoms with van der Waals surface area (Å²) in [7, 11) is 0. The zero-order valence-electron chi connectivity index (χ0n) is 10.3. The van der Waals surface area contributed by atoms with E-state index in [0.717, 1.165) is 6.07 Å². The van der Waals surface area contributed by atoms with Crippen molar-refractivity contribution < 1.29 is 9.90 Å². The Bertz CT molecular complexity index is 892. The summed E-state index contributed by atoms with van der Waals surface area (Å²) < 4.78 is 0.571. The van der Waals surface area contributed by atoms with E-state index in [1.54, 1.807) is 13.0 Å². The second-order valence-electron chi connectivity index (χ2n) is 4.36. The molecule has 0 amide bonds. The highest BCUT2D eigenvalue weighted by molar-refractivity contribution is 7.25. The molecule has 5 nitrogen and oxygen atoms in total. The molecule has 0 aliphatic carbocycles. The molecular formula is C13H10N2O3S. The number of pyridine rings is 2. The van der Waals surface area contributed by atoms with Crippen LogP contribution >= 0.6 is 11.3 Å². The molecule has 0 spiro atoms. The van der Waals surface area contributed by atoms with Gasteiger partial charge < -0.3 is 10.1 Å². The molecule has 3 aromatic heterocycles. The number of aryl methyl sites for hydroxylation is 1. The van der Waals surface area contributed by atoms with Gasteiger partial charge in [0.15, 0.2) is 5.78 Å². The van der Waals surface area contributed by atoms with Gasteiger partial charge in [0.2, 0.25) is 0 Å². The third kappa shape index (κ3) is 1.72. The second-order valence-corrected chi connectivity index (χ2v) is 5.35. The Kier molecular flexibility index (Phi) is 2.43. The fraction of sp³-hybridized carbons (Fsp3) is 0.154. The summed E-state index contributed by atoms with van der Waals surface area (Å²) in [6.07, 6.45) is 0. The highest BCUT2D eigenvalue weighted by Crippen LogP contribution is 2.36. The summed E-state index contributed by atoms with van der Waals surface area (Å²) in [5.74, 6) is -0.141. The van der Waals surface area contributed by atoms with Crippen LogP contribution in [0.15, 0.2) is 16.9 Å². The van der Waals surface area contributed by atoms with Gasteiger partial charge in [-0.3, -0.25) is 9.59 Å². The largest absolute Gasteiger partial charge is 0.506 e. The van der Waals surface area contributed by atoms with Gasteiger partial charge in [-0.15, -0.1) is 11.3 Å².